The van der Waals surface area contributed by atoms with Gasteiger partial charge < -0.3 is 10.2 Å². The van der Waals surface area contributed by atoms with Crippen molar-refractivity contribution in [1.82, 2.24) is 10.2 Å². The monoisotopic (exact) mass is 378 g/mol. The van der Waals surface area contributed by atoms with Crippen molar-refractivity contribution in [3.8, 4) is 0 Å². The maximum absolute atomic E-state index is 13.0. The van der Waals surface area contributed by atoms with Crippen molar-refractivity contribution in [2.45, 2.75) is 52.1 Å². The molecule has 28 heavy (non-hydrogen) atoms. The molecule has 1 aliphatic heterocycles. The number of carbonyl (C=O) groups excluding carboxylic acids is 2. The van der Waals surface area contributed by atoms with Crippen molar-refractivity contribution in [2.24, 2.45) is 5.92 Å². The Morgan fingerprint density at radius 2 is 1.64 bits per heavy atom. The molecule has 1 aliphatic rings. The molecule has 1 N–H and O–H groups in total. The van der Waals surface area contributed by atoms with Crippen LogP contribution in [0.1, 0.15) is 49.8 Å². The summed E-state index contributed by atoms with van der Waals surface area (Å²) in [5.41, 5.74) is 3.50. The fourth-order valence-corrected chi connectivity index (χ4v) is 3.76. The fourth-order valence-electron chi connectivity index (χ4n) is 3.76. The second kappa shape index (κ2) is 9.05. The van der Waals surface area contributed by atoms with Gasteiger partial charge in [-0.3, -0.25) is 9.59 Å². The first-order valence-electron chi connectivity index (χ1n) is 10.1. The van der Waals surface area contributed by atoms with E-state index in [0.29, 0.717) is 25.9 Å². The van der Waals surface area contributed by atoms with Gasteiger partial charge in [0.05, 0.1) is 0 Å². The van der Waals surface area contributed by atoms with E-state index in [-0.39, 0.29) is 23.7 Å². The highest BCUT2D eigenvalue weighted by Crippen LogP contribution is 2.25. The minimum absolute atomic E-state index is 0.0563. The number of benzene rings is 2. The van der Waals surface area contributed by atoms with E-state index in [1.54, 1.807) is 4.90 Å². The first-order chi connectivity index (χ1) is 13.5. The standard InChI is InChI=1S/C24H30N2O2/c1-17(2)13-23(27)26-16-21-12-8-7-11-20(21)14-22(26)24(28)25-15-18(3)19-9-5-4-6-10-19/h4-12,17-18,22H,13-16H2,1-3H3,(H,25,28). The minimum Gasteiger partial charge on any atom is -0.354 e. The van der Waals surface area contributed by atoms with Crippen LogP contribution in [0.3, 0.4) is 0 Å². The second-order valence-electron chi connectivity index (χ2n) is 8.17. The van der Waals surface area contributed by atoms with E-state index in [1.807, 2.05) is 44.2 Å². The number of hydrogen-bond acceptors (Lipinski definition) is 2. The summed E-state index contributed by atoms with van der Waals surface area (Å²) >= 11 is 0. The molecule has 0 saturated heterocycles. The molecule has 4 heteroatoms. The quantitative estimate of drug-likeness (QED) is 0.829. The normalized spacial score (nSPS) is 17.1. The molecule has 0 radical (unpaired) electrons. The fraction of sp³-hybridized carbons (Fsp3) is 0.417. The van der Waals surface area contributed by atoms with Crippen LogP contribution in [0.4, 0.5) is 0 Å². The Bertz CT molecular complexity index is 816. The third-order valence-electron chi connectivity index (χ3n) is 5.41. The second-order valence-corrected chi connectivity index (χ2v) is 8.17. The van der Waals surface area contributed by atoms with E-state index in [1.165, 1.54) is 5.56 Å². The molecule has 0 aromatic heterocycles. The molecule has 0 aliphatic carbocycles. The molecule has 148 valence electrons. The number of hydrogen-bond donors (Lipinski definition) is 1. The SMILES string of the molecule is CC(C)CC(=O)N1Cc2ccccc2CC1C(=O)NCC(C)c1ccccc1. The molecule has 0 saturated carbocycles. The van der Waals surface area contributed by atoms with Gasteiger partial charge in [-0.1, -0.05) is 75.4 Å². The van der Waals surface area contributed by atoms with E-state index >= 15 is 0 Å². The molecule has 0 spiro atoms. The first-order valence-corrected chi connectivity index (χ1v) is 10.1. The Labute approximate surface area is 167 Å². The van der Waals surface area contributed by atoms with Gasteiger partial charge in [-0.25, -0.2) is 0 Å². The molecule has 0 bridgehead atoms. The van der Waals surface area contributed by atoms with Crippen LogP contribution in [0.2, 0.25) is 0 Å². The van der Waals surface area contributed by atoms with Crippen molar-refractivity contribution < 1.29 is 9.59 Å². The van der Waals surface area contributed by atoms with Crippen LogP contribution in [-0.4, -0.2) is 29.3 Å². The lowest BCUT2D eigenvalue weighted by Crippen LogP contribution is -2.53. The summed E-state index contributed by atoms with van der Waals surface area (Å²) in [4.78, 5) is 27.6. The van der Waals surface area contributed by atoms with Crippen molar-refractivity contribution >= 4 is 11.8 Å². The van der Waals surface area contributed by atoms with E-state index in [9.17, 15) is 9.59 Å². The van der Waals surface area contributed by atoms with Crippen LogP contribution in [0.15, 0.2) is 54.6 Å². The lowest BCUT2D eigenvalue weighted by molar-refractivity contribution is -0.142. The lowest BCUT2D eigenvalue weighted by atomic mass is 9.92. The molecule has 2 aromatic carbocycles. The average Bonchev–Trinajstić information content (AvgIpc) is 2.70. The molecule has 4 nitrogen and oxygen atoms in total. The third kappa shape index (κ3) is 4.80. The summed E-state index contributed by atoms with van der Waals surface area (Å²) in [5.74, 6) is 0.488. The van der Waals surface area contributed by atoms with Gasteiger partial charge in [-0.2, -0.15) is 0 Å². The summed E-state index contributed by atoms with van der Waals surface area (Å²) < 4.78 is 0. The number of fused-ring (bicyclic) bond motifs is 1. The molecule has 1 heterocycles. The molecule has 2 unspecified atom stereocenters. The summed E-state index contributed by atoms with van der Waals surface area (Å²) in [5, 5.41) is 3.09. The molecule has 2 aromatic rings. The molecular formula is C24H30N2O2. The molecule has 0 fully saturated rings. The Morgan fingerprint density at radius 3 is 2.32 bits per heavy atom. The lowest BCUT2D eigenvalue weighted by Gasteiger charge is -2.36. The number of nitrogens with one attached hydrogen (secondary N) is 1. The maximum atomic E-state index is 13.0. The van der Waals surface area contributed by atoms with Gasteiger partial charge in [0.15, 0.2) is 0 Å². The van der Waals surface area contributed by atoms with Crippen LogP contribution in [0.5, 0.6) is 0 Å². The maximum Gasteiger partial charge on any atom is 0.243 e. The van der Waals surface area contributed by atoms with Gasteiger partial charge in [0.25, 0.3) is 0 Å². The van der Waals surface area contributed by atoms with Crippen LogP contribution < -0.4 is 5.32 Å². The topological polar surface area (TPSA) is 49.4 Å². The highest BCUT2D eigenvalue weighted by Gasteiger charge is 2.34. The predicted molar refractivity (Wildman–Crippen MR) is 112 cm³/mol. The molecular weight excluding hydrogens is 348 g/mol. The van der Waals surface area contributed by atoms with Crippen LogP contribution in [0.25, 0.3) is 0 Å². The summed E-state index contributed by atoms with van der Waals surface area (Å²) in [6.07, 6.45) is 1.04. The number of amides is 2. The van der Waals surface area contributed by atoms with E-state index in [4.69, 9.17) is 0 Å². The number of carbonyl (C=O) groups is 2. The molecule has 2 amide bonds. The van der Waals surface area contributed by atoms with Crippen LogP contribution >= 0.6 is 0 Å². The van der Waals surface area contributed by atoms with Gasteiger partial charge in [0.2, 0.25) is 11.8 Å². The van der Waals surface area contributed by atoms with Gasteiger partial charge in [-0.05, 0) is 28.5 Å². The van der Waals surface area contributed by atoms with Gasteiger partial charge >= 0.3 is 0 Å². The van der Waals surface area contributed by atoms with E-state index in [0.717, 1.165) is 11.1 Å². The largest absolute Gasteiger partial charge is 0.354 e. The average molecular weight is 379 g/mol. The van der Waals surface area contributed by atoms with Crippen molar-refractivity contribution in [3.05, 3.63) is 71.3 Å². The van der Waals surface area contributed by atoms with Crippen molar-refractivity contribution in [3.63, 3.8) is 0 Å². The van der Waals surface area contributed by atoms with E-state index in [2.05, 4.69) is 36.5 Å². The Kier molecular flexibility index (Phi) is 6.50. The van der Waals surface area contributed by atoms with E-state index < -0.39 is 6.04 Å². The van der Waals surface area contributed by atoms with Crippen molar-refractivity contribution in [2.75, 3.05) is 6.54 Å². The predicted octanol–water partition coefficient (Wildman–Crippen LogP) is 3.91. The summed E-state index contributed by atoms with van der Waals surface area (Å²) in [6, 6.07) is 17.8. The van der Waals surface area contributed by atoms with Crippen LogP contribution in [0, 0.1) is 5.92 Å². The zero-order valence-electron chi connectivity index (χ0n) is 17.0. The first kappa shape index (κ1) is 20.1. The highest BCUT2D eigenvalue weighted by molar-refractivity contribution is 5.88. The molecule has 3 rings (SSSR count). The molecule has 2 atom stereocenters. The summed E-state index contributed by atoms with van der Waals surface area (Å²) in [6.45, 7) is 7.24. The third-order valence-corrected chi connectivity index (χ3v) is 5.41. The van der Waals surface area contributed by atoms with Gasteiger partial charge in [0.1, 0.15) is 6.04 Å². The number of rotatable bonds is 6. The zero-order chi connectivity index (χ0) is 20.1. The minimum atomic E-state index is -0.441. The van der Waals surface area contributed by atoms with Crippen LogP contribution in [-0.2, 0) is 22.6 Å². The Morgan fingerprint density at radius 1 is 1.00 bits per heavy atom. The van der Waals surface area contributed by atoms with Gasteiger partial charge in [0, 0.05) is 25.9 Å². The Balaban J connectivity index is 1.72. The smallest absolute Gasteiger partial charge is 0.243 e. The highest BCUT2D eigenvalue weighted by atomic mass is 16.2. The Hall–Kier alpha value is -2.62. The van der Waals surface area contributed by atoms with Gasteiger partial charge in [-0.15, -0.1) is 0 Å². The van der Waals surface area contributed by atoms with Crippen molar-refractivity contribution in [1.29, 1.82) is 0 Å². The summed E-state index contributed by atoms with van der Waals surface area (Å²) in [7, 11) is 0. The number of nitrogens with zero attached hydrogens (tertiary/aromatic N) is 1. The zero-order valence-corrected chi connectivity index (χ0v) is 17.0.